The lowest BCUT2D eigenvalue weighted by atomic mass is 10.1. The second kappa shape index (κ2) is 7.25. The highest BCUT2D eigenvalue weighted by Gasteiger charge is 2.08. The maximum Gasteiger partial charge on any atom is 0.261 e. The minimum Gasteiger partial charge on any atom is -0.347 e. The Kier molecular flexibility index (Phi) is 5.11. The summed E-state index contributed by atoms with van der Waals surface area (Å²) in [5.74, 6) is 5.50. The number of nitrogens with zero attached hydrogens (tertiary/aromatic N) is 1. The lowest BCUT2D eigenvalue weighted by molar-refractivity contribution is 0.0955. The number of amides is 1. The fraction of sp³-hybridized carbons (Fsp3) is 0.125. The summed E-state index contributed by atoms with van der Waals surface area (Å²) >= 11 is 1.33. The summed E-state index contributed by atoms with van der Waals surface area (Å²) in [4.78, 5) is 13.4. The van der Waals surface area contributed by atoms with Gasteiger partial charge in [-0.05, 0) is 29.8 Å². The predicted octanol–water partition coefficient (Wildman–Crippen LogP) is 1.86. The van der Waals surface area contributed by atoms with Gasteiger partial charge in [-0.2, -0.15) is 5.26 Å². The van der Waals surface area contributed by atoms with Gasteiger partial charge in [0.05, 0.1) is 27.9 Å². The van der Waals surface area contributed by atoms with Gasteiger partial charge in [0.2, 0.25) is 0 Å². The summed E-state index contributed by atoms with van der Waals surface area (Å²) in [6.45, 7) is 0.685. The van der Waals surface area contributed by atoms with Gasteiger partial charge in [0.15, 0.2) is 0 Å². The van der Waals surface area contributed by atoms with E-state index in [0.29, 0.717) is 23.5 Å². The second-order valence-corrected chi connectivity index (χ2v) is 5.25. The normalized spacial score (nSPS) is 9.33. The van der Waals surface area contributed by atoms with Crippen molar-refractivity contribution < 1.29 is 4.79 Å². The maximum absolute atomic E-state index is 12.0. The van der Waals surface area contributed by atoms with Crippen LogP contribution in [0.5, 0.6) is 0 Å². The third-order valence-corrected chi connectivity index (χ3v) is 3.65. The summed E-state index contributed by atoms with van der Waals surface area (Å²) in [7, 11) is 0. The summed E-state index contributed by atoms with van der Waals surface area (Å²) in [6.07, 6.45) is 0. The summed E-state index contributed by atoms with van der Waals surface area (Å²) in [5, 5.41) is 11.7. The Morgan fingerprint density at radius 3 is 2.95 bits per heavy atom. The second-order valence-electron chi connectivity index (χ2n) is 4.16. The molecule has 0 fully saturated rings. The van der Waals surface area contributed by atoms with Crippen LogP contribution in [0.3, 0.4) is 0 Å². The minimum absolute atomic E-state index is 0.150. The molecule has 2 aromatic rings. The Labute approximate surface area is 127 Å². The van der Waals surface area contributed by atoms with Gasteiger partial charge in [0.25, 0.3) is 5.91 Å². The number of nitrogens with two attached hydrogens (primary N) is 1. The summed E-state index contributed by atoms with van der Waals surface area (Å²) < 4.78 is 0. The molecule has 0 spiro atoms. The smallest absolute Gasteiger partial charge is 0.261 e. The van der Waals surface area contributed by atoms with E-state index in [0.717, 1.165) is 10.4 Å². The van der Waals surface area contributed by atoms with Gasteiger partial charge < -0.3 is 11.1 Å². The summed E-state index contributed by atoms with van der Waals surface area (Å²) in [6, 6.07) is 12.8. The van der Waals surface area contributed by atoms with Crippen molar-refractivity contribution in [2.75, 3.05) is 6.54 Å². The SMILES string of the molecule is N#Cc1cccc(CNC(=O)c2ccc(C#CCN)s2)c1. The monoisotopic (exact) mass is 295 g/mol. The van der Waals surface area contributed by atoms with Crippen LogP contribution < -0.4 is 11.1 Å². The number of nitrogens with one attached hydrogen (secondary N) is 1. The fourth-order valence-corrected chi connectivity index (χ4v) is 2.48. The molecule has 1 amide bonds. The molecule has 4 nitrogen and oxygen atoms in total. The molecule has 104 valence electrons. The Hall–Kier alpha value is -2.60. The first kappa shape index (κ1) is 14.8. The van der Waals surface area contributed by atoms with Crippen LogP contribution in [0.25, 0.3) is 0 Å². The van der Waals surface area contributed by atoms with E-state index in [-0.39, 0.29) is 5.91 Å². The van der Waals surface area contributed by atoms with Gasteiger partial charge in [0.1, 0.15) is 0 Å². The van der Waals surface area contributed by atoms with Gasteiger partial charge in [-0.3, -0.25) is 4.79 Å². The molecule has 1 aromatic carbocycles. The molecule has 0 aliphatic heterocycles. The lowest BCUT2D eigenvalue weighted by Crippen LogP contribution is -2.21. The molecule has 0 radical (unpaired) electrons. The molecular weight excluding hydrogens is 282 g/mol. The molecule has 0 unspecified atom stereocenters. The van der Waals surface area contributed by atoms with Crippen molar-refractivity contribution in [2.45, 2.75) is 6.54 Å². The molecule has 0 aliphatic rings. The van der Waals surface area contributed by atoms with Crippen molar-refractivity contribution in [2.24, 2.45) is 5.73 Å². The topological polar surface area (TPSA) is 78.9 Å². The molecule has 5 heteroatoms. The van der Waals surface area contributed by atoms with E-state index in [4.69, 9.17) is 11.0 Å². The van der Waals surface area contributed by atoms with Crippen LogP contribution in [0.2, 0.25) is 0 Å². The molecule has 2 rings (SSSR count). The van der Waals surface area contributed by atoms with Crippen LogP contribution in [-0.4, -0.2) is 12.5 Å². The van der Waals surface area contributed by atoms with E-state index < -0.39 is 0 Å². The first-order valence-corrected chi connectivity index (χ1v) is 7.10. The molecule has 1 aromatic heterocycles. The number of carbonyl (C=O) groups excluding carboxylic acids is 1. The van der Waals surface area contributed by atoms with Crippen LogP contribution >= 0.6 is 11.3 Å². The first-order chi connectivity index (χ1) is 10.2. The van der Waals surface area contributed by atoms with Crippen molar-refractivity contribution >= 4 is 17.2 Å². The zero-order valence-corrected chi connectivity index (χ0v) is 12.0. The zero-order chi connectivity index (χ0) is 15.1. The van der Waals surface area contributed by atoms with Gasteiger partial charge >= 0.3 is 0 Å². The molecular formula is C16H13N3OS. The predicted molar refractivity (Wildman–Crippen MR) is 82.6 cm³/mol. The van der Waals surface area contributed by atoms with Crippen molar-refractivity contribution in [1.82, 2.24) is 5.32 Å². The number of hydrogen-bond acceptors (Lipinski definition) is 4. The average Bonchev–Trinajstić information content (AvgIpc) is 2.99. The Morgan fingerprint density at radius 2 is 2.19 bits per heavy atom. The lowest BCUT2D eigenvalue weighted by Gasteiger charge is -2.03. The number of benzene rings is 1. The summed E-state index contributed by atoms with van der Waals surface area (Å²) in [5.41, 5.74) is 6.78. The number of nitriles is 1. The third-order valence-electron chi connectivity index (χ3n) is 2.65. The molecule has 0 saturated heterocycles. The molecule has 21 heavy (non-hydrogen) atoms. The van der Waals surface area contributed by atoms with Crippen molar-refractivity contribution in [1.29, 1.82) is 5.26 Å². The standard InChI is InChI=1S/C16H13N3OS/c17-8-2-5-14-6-7-15(21-14)16(20)19-11-13-4-1-3-12(9-13)10-18/h1,3-4,6-7,9H,8,11,17H2,(H,19,20). The maximum atomic E-state index is 12.0. The van der Waals surface area contributed by atoms with Crippen molar-refractivity contribution in [3.63, 3.8) is 0 Å². The van der Waals surface area contributed by atoms with E-state index in [1.165, 1.54) is 11.3 Å². The number of rotatable bonds is 3. The van der Waals surface area contributed by atoms with Crippen LogP contribution in [0.15, 0.2) is 36.4 Å². The minimum atomic E-state index is -0.150. The fourth-order valence-electron chi connectivity index (χ4n) is 1.69. The van der Waals surface area contributed by atoms with E-state index in [1.54, 1.807) is 30.3 Å². The highest BCUT2D eigenvalue weighted by atomic mass is 32.1. The van der Waals surface area contributed by atoms with E-state index >= 15 is 0 Å². The van der Waals surface area contributed by atoms with E-state index in [1.807, 2.05) is 6.07 Å². The molecule has 0 atom stereocenters. The first-order valence-electron chi connectivity index (χ1n) is 6.29. The van der Waals surface area contributed by atoms with E-state index in [9.17, 15) is 4.79 Å². The third kappa shape index (κ3) is 4.19. The number of carbonyl (C=O) groups is 1. The van der Waals surface area contributed by atoms with Crippen LogP contribution in [-0.2, 0) is 6.54 Å². The quantitative estimate of drug-likeness (QED) is 0.848. The van der Waals surface area contributed by atoms with Gasteiger partial charge in [-0.15, -0.1) is 11.3 Å². The van der Waals surface area contributed by atoms with Gasteiger partial charge in [-0.25, -0.2) is 0 Å². The van der Waals surface area contributed by atoms with Crippen molar-refractivity contribution in [3.05, 3.63) is 57.3 Å². The molecule has 0 saturated carbocycles. The number of hydrogen-bond donors (Lipinski definition) is 2. The largest absolute Gasteiger partial charge is 0.347 e. The molecule has 0 aliphatic carbocycles. The van der Waals surface area contributed by atoms with Gasteiger partial charge in [-0.1, -0.05) is 24.0 Å². The van der Waals surface area contributed by atoms with Gasteiger partial charge in [0, 0.05) is 6.54 Å². The number of thiophene rings is 1. The zero-order valence-electron chi connectivity index (χ0n) is 11.2. The highest BCUT2D eigenvalue weighted by Crippen LogP contribution is 2.15. The Balaban J connectivity index is 1.98. The molecule has 1 heterocycles. The van der Waals surface area contributed by atoms with Crippen LogP contribution in [0, 0.1) is 23.2 Å². The van der Waals surface area contributed by atoms with E-state index in [2.05, 4.69) is 23.2 Å². The molecule has 3 N–H and O–H groups in total. The Morgan fingerprint density at radius 1 is 1.33 bits per heavy atom. The van der Waals surface area contributed by atoms with Crippen LogP contribution in [0.1, 0.15) is 25.7 Å². The van der Waals surface area contributed by atoms with Crippen molar-refractivity contribution in [3.8, 4) is 17.9 Å². The molecule has 0 bridgehead atoms. The highest BCUT2D eigenvalue weighted by molar-refractivity contribution is 7.14. The van der Waals surface area contributed by atoms with Crippen LogP contribution in [0.4, 0.5) is 0 Å². The average molecular weight is 295 g/mol. The Bertz CT molecular complexity index is 747.